The van der Waals surface area contributed by atoms with E-state index in [2.05, 4.69) is 17.0 Å². The number of likely N-dealkylation sites (N-methyl/N-ethyl adjacent to an activating group) is 1. The summed E-state index contributed by atoms with van der Waals surface area (Å²) in [6.07, 6.45) is 3.88. The molecule has 2 rings (SSSR count). The number of furan rings is 1. The maximum absolute atomic E-state index is 6.13. The van der Waals surface area contributed by atoms with Crippen LogP contribution in [0.25, 0.3) is 0 Å². The summed E-state index contributed by atoms with van der Waals surface area (Å²) in [5.74, 6) is 1.89. The van der Waals surface area contributed by atoms with Crippen molar-refractivity contribution in [2.45, 2.75) is 32.5 Å². The second kappa shape index (κ2) is 5.59. The average molecular weight is 262 g/mol. The van der Waals surface area contributed by atoms with Crippen molar-refractivity contribution in [2.24, 2.45) is 12.8 Å². The zero-order chi connectivity index (χ0) is 14.0. The first-order valence-electron chi connectivity index (χ1n) is 6.47. The molecule has 104 valence electrons. The molecule has 5 nitrogen and oxygen atoms in total. The summed E-state index contributed by atoms with van der Waals surface area (Å²) in [7, 11) is 3.97. The molecule has 0 radical (unpaired) electrons. The molecule has 0 aliphatic rings. The van der Waals surface area contributed by atoms with Crippen LogP contribution in [-0.2, 0) is 13.6 Å². The summed E-state index contributed by atoms with van der Waals surface area (Å²) in [5.41, 5.74) is 7.26. The predicted octanol–water partition coefficient (Wildman–Crippen LogP) is 1.84. The van der Waals surface area contributed by atoms with Crippen molar-refractivity contribution in [2.75, 3.05) is 7.05 Å². The Bertz CT molecular complexity index is 529. The molecule has 0 bridgehead atoms. The Balaban J connectivity index is 2.15. The van der Waals surface area contributed by atoms with E-state index in [1.165, 1.54) is 0 Å². The average Bonchev–Trinajstić information content (AvgIpc) is 2.88. The van der Waals surface area contributed by atoms with Gasteiger partial charge in [-0.25, -0.2) is 0 Å². The van der Waals surface area contributed by atoms with Crippen LogP contribution in [0, 0.1) is 6.92 Å². The molecule has 0 aliphatic heterocycles. The van der Waals surface area contributed by atoms with Gasteiger partial charge < -0.3 is 10.2 Å². The monoisotopic (exact) mass is 262 g/mol. The van der Waals surface area contributed by atoms with Crippen LogP contribution in [0.15, 0.2) is 28.9 Å². The quantitative estimate of drug-likeness (QED) is 0.893. The summed E-state index contributed by atoms with van der Waals surface area (Å²) in [4.78, 5) is 2.19. The minimum absolute atomic E-state index is 0.0188. The number of hydrogen-bond donors (Lipinski definition) is 1. The molecule has 0 saturated carbocycles. The van der Waals surface area contributed by atoms with E-state index >= 15 is 0 Å². The van der Waals surface area contributed by atoms with Crippen molar-refractivity contribution < 1.29 is 4.42 Å². The van der Waals surface area contributed by atoms with Gasteiger partial charge in [0.25, 0.3) is 0 Å². The fraction of sp³-hybridized carbons (Fsp3) is 0.500. The molecule has 0 fully saturated rings. The highest BCUT2D eigenvalue weighted by atomic mass is 16.3. The third-order valence-corrected chi connectivity index (χ3v) is 3.24. The van der Waals surface area contributed by atoms with Gasteiger partial charge in [0.05, 0.1) is 18.8 Å². The molecular weight excluding hydrogens is 240 g/mol. The number of nitrogens with two attached hydrogens (primary N) is 1. The van der Waals surface area contributed by atoms with Crippen LogP contribution in [0.1, 0.15) is 30.0 Å². The van der Waals surface area contributed by atoms with Crippen molar-refractivity contribution in [1.82, 2.24) is 14.7 Å². The molecular formula is C14H22N4O. The molecule has 0 saturated heterocycles. The second-order valence-electron chi connectivity index (χ2n) is 5.18. The zero-order valence-electron chi connectivity index (χ0n) is 12.0. The van der Waals surface area contributed by atoms with E-state index < -0.39 is 0 Å². The lowest BCUT2D eigenvalue weighted by molar-refractivity contribution is 0.195. The van der Waals surface area contributed by atoms with Gasteiger partial charge in [0.1, 0.15) is 11.5 Å². The Morgan fingerprint density at radius 1 is 1.47 bits per heavy atom. The van der Waals surface area contributed by atoms with Crippen molar-refractivity contribution in [1.29, 1.82) is 0 Å². The number of aryl methyl sites for hydroxylation is 2. The van der Waals surface area contributed by atoms with Gasteiger partial charge in [-0.1, -0.05) is 0 Å². The Morgan fingerprint density at radius 3 is 2.68 bits per heavy atom. The van der Waals surface area contributed by atoms with Gasteiger partial charge >= 0.3 is 0 Å². The number of hydrogen-bond acceptors (Lipinski definition) is 4. The van der Waals surface area contributed by atoms with Crippen LogP contribution in [0.3, 0.4) is 0 Å². The van der Waals surface area contributed by atoms with Crippen LogP contribution < -0.4 is 5.73 Å². The van der Waals surface area contributed by atoms with Gasteiger partial charge in [-0.3, -0.25) is 9.58 Å². The molecule has 0 spiro atoms. The SMILES string of the molecule is Cc1ccc(CN(C)C(c2cnn(C)c2)C(C)N)o1. The van der Waals surface area contributed by atoms with Crippen LogP contribution in [0.5, 0.6) is 0 Å². The Kier molecular flexibility index (Phi) is 4.07. The molecule has 19 heavy (non-hydrogen) atoms. The van der Waals surface area contributed by atoms with E-state index in [0.29, 0.717) is 0 Å². The van der Waals surface area contributed by atoms with Crippen LogP contribution >= 0.6 is 0 Å². The smallest absolute Gasteiger partial charge is 0.118 e. The van der Waals surface area contributed by atoms with E-state index in [9.17, 15) is 0 Å². The zero-order valence-corrected chi connectivity index (χ0v) is 12.0. The molecule has 5 heteroatoms. The molecule has 0 aromatic carbocycles. The standard InChI is InChI=1S/C14H22N4O/c1-10-5-6-13(19-10)9-17(3)14(11(2)15)12-7-16-18(4)8-12/h5-8,11,14H,9,15H2,1-4H3. The molecule has 2 aromatic rings. The van der Waals surface area contributed by atoms with Gasteiger partial charge in [-0.2, -0.15) is 5.10 Å². The number of rotatable bonds is 5. The molecule has 2 aromatic heterocycles. The maximum Gasteiger partial charge on any atom is 0.118 e. The van der Waals surface area contributed by atoms with Crippen molar-refractivity contribution in [3.8, 4) is 0 Å². The van der Waals surface area contributed by atoms with Gasteiger partial charge in [-0.15, -0.1) is 0 Å². The lowest BCUT2D eigenvalue weighted by Gasteiger charge is -2.29. The van der Waals surface area contributed by atoms with Gasteiger partial charge in [0.2, 0.25) is 0 Å². The van der Waals surface area contributed by atoms with E-state index in [1.807, 2.05) is 45.4 Å². The first-order chi connectivity index (χ1) is 8.97. The van der Waals surface area contributed by atoms with Gasteiger partial charge in [0, 0.05) is 24.8 Å². The molecule has 2 N–H and O–H groups in total. The highest BCUT2D eigenvalue weighted by Gasteiger charge is 2.23. The number of nitrogens with zero attached hydrogens (tertiary/aromatic N) is 3. The summed E-state index contributed by atoms with van der Waals surface area (Å²) < 4.78 is 7.42. The summed E-state index contributed by atoms with van der Waals surface area (Å²) in [6.45, 7) is 4.70. The van der Waals surface area contributed by atoms with Gasteiger partial charge in [-0.05, 0) is 33.0 Å². The fourth-order valence-corrected chi connectivity index (χ4v) is 2.47. The van der Waals surface area contributed by atoms with E-state index in [1.54, 1.807) is 4.68 Å². The third-order valence-electron chi connectivity index (χ3n) is 3.24. The summed E-state index contributed by atoms with van der Waals surface area (Å²) in [5, 5.41) is 4.22. The first kappa shape index (κ1) is 13.8. The molecule has 2 unspecified atom stereocenters. The molecule has 0 amide bonds. The highest BCUT2D eigenvalue weighted by Crippen LogP contribution is 2.23. The van der Waals surface area contributed by atoms with E-state index in [4.69, 9.17) is 10.2 Å². The van der Waals surface area contributed by atoms with Crippen molar-refractivity contribution in [3.63, 3.8) is 0 Å². The Hall–Kier alpha value is -1.59. The maximum atomic E-state index is 6.13. The van der Waals surface area contributed by atoms with Crippen molar-refractivity contribution >= 4 is 0 Å². The molecule has 2 heterocycles. The van der Waals surface area contributed by atoms with Crippen molar-refractivity contribution in [3.05, 3.63) is 41.6 Å². The van der Waals surface area contributed by atoms with E-state index in [0.717, 1.165) is 23.6 Å². The van der Waals surface area contributed by atoms with Gasteiger partial charge in [0.15, 0.2) is 0 Å². The topological polar surface area (TPSA) is 60.2 Å². The number of aromatic nitrogens is 2. The fourth-order valence-electron chi connectivity index (χ4n) is 2.47. The largest absolute Gasteiger partial charge is 0.465 e. The first-order valence-corrected chi connectivity index (χ1v) is 6.47. The highest BCUT2D eigenvalue weighted by molar-refractivity contribution is 5.14. The second-order valence-corrected chi connectivity index (χ2v) is 5.18. The normalized spacial score (nSPS) is 14.8. The molecule has 2 atom stereocenters. The molecule has 0 aliphatic carbocycles. The summed E-state index contributed by atoms with van der Waals surface area (Å²) in [6, 6.07) is 4.13. The van der Waals surface area contributed by atoms with Crippen LogP contribution in [0.2, 0.25) is 0 Å². The minimum Gasteiger partial charge on any atom is -0.465 e. The van der Waals surface area contributed by atoms with Crippen LogP contribution in [0.4, 0.5) is 0 Å². The van der Waals surface area contributed by atoms with E-state index in [-0.39, 0.29) is 12.1 Å². The van der Waals surface area contributed by atoms with Crippen LogP contribution in [-0.4, -0.2) is 27.8 Å². The Labute approximate surface area is 114 Å². The lowest BCUT2D eigenvalue weighted by atomic mass is 10.0. The minimum atomic E-state index is 0.0188. The Morgan fingerprint density at radius 2 is 2.21 bits per heavy atom. The summed E-state index contributed by atoms with van der Waals surface area (Å²) >= 11 is 0. The predicted molar refractivity (Wildman–Crippen MR) is 74.5 cm³/mol. The lowest BCUT2D eigenvalue weighted by Crippen LogP contribution is -2.36. The third kappa shape index (κ3) is 3.24.